The number of hydrogen-bond donors (Lipinski definition) is 1. The summed E-state index contributed by atoms with van der Waals surface area (Å²) in [6.45, 7) is 6.10. The van der Waals surface area contributed by atoms with E-state index in [1.54, 1.807) is 6.07 Å². The first-order chi connectivity index (χ1) is 9.56. The minimum absolute atomic E-state index is 0. The molecule has 3 aromatic rings. The lowest BCUT2D eigenvalue weighted by Crippen LogP contribution is -1.82. The molecule has 3 N–H and O–H groups in total. The van der Waals surface area contributed by atoms with E-state index < -0.39 is 0 Å². The largest absolute Gasteiger partial charge is 0.506 e. The molecule has 4 heteroatoms. The number of hydrogen-bond acceptors (Lipinski definition) is 2. The number of aromatic hydroxyl groups is 1. The fraction of sp³-hybridized carbons (Fsp3) is 0.167. The van der Waals surface area contributed by atoms with Crippen molar-refractivity contribution in [2.75, 3.05) is 0 Å². The predicted molar refractivity (Wildman–Crippen MR) is 97.6 cm³/mol. The molecule has 3 nitrogen and oxygen atoms in total. The highest BCUT2D eigenvalue weighted by molar-refractivity contribution is 5.84. The number of benzene rings is 2. The SMILES string of the molecule is Cc1ccc(C)cc1.Cc1ccc2cccc(O)c2n1.O.[AlH3]. The summed E-state index contributed by atoms with van der Waals surface area (Å²) in [5.41, 5.74) is 4.26. The molecule has 0 amide bonds. The van der Waals surface area contributed by atoms with Crippen LogP contribution in [0.15, 0.2) is 54.6 Å². The molecule has 116 valence electrons. The smallest absolute Gasteiger partial charge is 0.187 e. The summed E-state index contributed by atoms with van der Waals surface area (Å²) >= 11 is 0. The van der Waals surface area contributed by atoms with Gasteiger partial charge >= 0.3 is 0 Å². The predicted octanol–water partition coefficient (Wildman–Crippen LogP) is 2.54. The zero-order valence-corrected chi connectivity index (χ0v) is 12.6. The maximum absolute atomic E-state index is 9.43. The van der Waals surface area contributed by atoms with Crippen LogP contribution in [0.5, 0.6) is 5.75 Å². The van der Waals surface area contributed by atoms with E-state index in [0.717, 1.165) is 11.1 Å². The van der Waals surface area contributed by atoms with Crippen LogP contribution in [0.4, 0.5) is 0 Å². The molecule has 1 heterocycles. The van der Waals surface area contributed by atoms with E-state index in [4.69, 9.17) is 0 Å². The van der Waals surface area contributed by atoms with Gasteiger partial charge in [0.25, 0.3) is 0 Å². The lowest BCUT2D eigenvalue weighted by molar-refractivity contribution is 0.480. The van der Waals surface area contributed by atoms with Crippen molar-refractivity contribution >= 4 is 28.3 Å². The number of para-hydroxylation sites is 1. The number of nitrogens with zero attached hydrogens (tertiary/aromatic N) is 1. The number of phenolic OH excluding ortho intramolecular Hbond substituents is 1. The van der Waals surface area contributed by atoms with Crippen molar-refractivity contribution in [2.24, 2.45) is 0 Å². The van der Waals surface area contributed by atoms with Gasteiger partial charge in [-0.1, -0.05) is 53.6 Å². The highest BCUT2D eigenvalue weighted by Gasteiger charge is 1.98. The minimum atomic E-state index is 0. The van der Waals surface area contributed by atoms with Crippen molar-refractivity contribution in [3.8, 4) is 5.75 Å². The van der Waals surface area contributed by atoms with Gasteiger partial charge < -0.3 is 10.6 Å². The Bertz CT molecular complexity index is 691. The summed E-state index contributed by atoms with van der Waals surface area (Å²) in [5, 5.41) is 10.4. The van der Waals surface area contributed by atoms with Crippen LogP contribution in [0.3, 0.4) is 0 Å². The lowest BCUT2D eigenvalue weighted by atomic mass is 10.2. The number of phenols is 1. The third-order valence-electron chi connectivity index (χ3n) is 3.06. The lowest BCUT2D eigenvalue weighted by Gasteiger charge is -1.99. The van der Waals surface area contributed by atoms with Crippen LogP contribution < -0.4 is 0 Å². The van der Waals surface area contributed by atoms with E-state index in [1.807, 2.05) is 31.2 Å². The summed E-state index contributed by atoms with van der Waals surface area (Å²) in [5.74, 6) is 0.246. The standard InChI is InChI=1S/C10H9NO.C8H10.Al.H2O.3H/c1-7-5-6-8-3-2-4-9(12)10(8)11-7;1-7-3-5-8(2)6-4-7;;;;;/h2-6,12H,1H3;3-6H,1-2H3;;1H2;;;. The molecule has 0 bridgehead atoms. The number of rotatable bonds is 0. The Kier molecular flexibility index (Phi) is 8.44. The summed E-state index contributed by atoms with van der Waals surface area (Å²) in [6.07, 6.45) is 0. The van der Waals surface area contributed by atoms with Crippen LogP contribution in [0.25, 0.3) is 10.9 Å². The van der Waals surface area contributed by atoms with Gasteiger partial charge in [-0.25, -0.2) is 4.98 Å². The number of fused-ring (bicyclic) bond motifs is 1. The van der Waals surface area contributed by atoms with E-state index in [1.165, 1.54) is 11.1 Å². The molecule has 0 saturated heterocycles. The molecule has 0 unspecified atom stereocenters. The molecule has 22 heavy (non-hydrogen) atoms. The molecule has 0 aliphatic rings. The molecule has 0 fully saturated rings. The summed E-state index contributed by atoms with van der Waals surface area (Å²) in [7, 11) is 0. The zero-order chi connectivity index (χ0) is 14.5. The summed E-state index contributed by atoms with van der Waals surface area (Å²) in [6, 6.07) is 17.8. The van der Waals surface area contributed by atoms with E-state index in [9.17, 15) is 5.11 Å². The van der Waals surface area contributed by atoms with E-state index in [2.05, 4.69) is 43.1 Å². The van der Waals surface area contributed by atoms with Crippen molar-refractivity contribution in [1.29, 1.82) is 0 Å². The van der Waals surface area contributed by atoms with Crippen molar-refractivity contribution < 1.29 is 10.6 Å². The first kappa shape index (κ1) is 20.1. The Morgan fingerprint density at radius 2 is 1.32 bits per heavy atom. The number of pyridine rings is 1. The van der Waals surface area contributed by atoms with Gasteiger partial charge in [0.2, 0.25) is 0 Å². The third kappa shape index (κ3) is 5.50. The second-order valence-electron chi connectivity index (χ2n) is 4.96. The average Bonchev–Trinajstić information content (AvgIpc) is 2.44. The molecule has 0 radical (unpaired) electrons. The maximum atomic E-state index is 9.43. The van der Waals surface area contributed by atoms with Crippen LogP contribution in [-0.4, -0.2) is 32.9 Å². The zero-order valence-electron chi connectivity index (χ0n) is 12.6. The van der Waals surface area contributed by atoms with Crippen LogP contribution >= 0.6 is 0 Å². The van der Waals surface area contributed by atoms with Gasteiger partial charge in [0.15, 0.2) is 17.4 Å². The Hall–Kier alpha value is -1.86. The Morgan fingerprint density at radius 3 is 1.86 bits per heavy atom. The van der Waals surface area contributed by atoms with Crippen LogP contribution in [-0.2, 0) is 0 Å². The van der Waals surface area contributed by atoms with Gasteiger partial charge in [-0.05, 0) is 32.9 Å². The summed E-state index contributed by atoms with van der Waals surface area (Å²) < 4.78 is 0. The molecular formula is C18H24AlNO2. The molecule has 1 aromatic heterocycles. The van der Waals surface area contributed by atoms with Crippen molar-refractivity contribution in [3.63, 3.8) is 0 Å². The van der Waals surface area contributed by atoms with E-state index in [-0.39, 0.29) is 28.6 Å². The maximum Gasteiger partial charge on any atom is 0.187 e. The number of aromatic nitrogens is 1. The quantitative estimate of drug-likeness (QED) is 0.648. The third-order valence-corrected chi connectivity index (χ3v) is 3.06. The van der Waals surface area contributed by atoms with Crippen molar-refractivity contribution in [3.05, 3.63) is 71.4 Å². The van der Waals surface area contributed by atoms with Crippen molar-refractivity contribution in [2.45, 2.75) is 20.8 Å². The molecule has 3 rings (SSSR count). The monoisotopic (exact) mass is 313 g/mol. The first-order valence-electron chi connectivity index (χ1n) is 6.65. The van der Waals surface area contributed by atoms with Crippen molar-refractivity contribution in [1.82, 2.24) is 4.98 Å². The second kappa shape index (κ2) is 9.22. The fourth-order valence-electron chi connectivity index (χ4n) is 1.87. The van der Waals surface area contributed by atoms with E-state index in [0.29, 0.717) is 5.52 Å². The molecule has 0 aliphatic heterocycles. The molecular weight excluding hydrogens is 289 g/mol. The van der Waals surface area contributed by atoms with Gasteiger partial charge in [0, 0.05) is 11.1 Å². The highest BCUT2D eigenvalue weighted by atomic mass is 27.0. The summed E-state index contributed by atoms with van der Waals surface area (Å²) in [4.78, 5) is 4.23. The first-order valence-corrected chi connectivity index (χ1v) is 6.65. The Balaban J connectivity index is 0.000000393. The van der Waals surface area contributed by atoms with E-state index >= 15 is 0 Å². The molecule has 0 aliphatic carbocycles. The molecule has 0 atom stereocenters. The minimum Gasteiger partial charge on any atom is -0.506 e. The fourth-order valence-corrected chi connectivity index (χ4v) is 1.87. The van der Waals surface area contributed by atoms with Crippen LogP contribution in [0, 0.1) is 20.8 Å². The Labute approximate surface area is 142 Å². The highest BCUT2D eigenvalue weighted by Crippen LogP contribution is 2.21. The van der Waals surface area contributed by atoms with Gasteiger partial charge in [0.1, 0.15) is 11.3 Å². The van der Waals surface area contributed by atoms with Crippen LogP contribution in [0.1, 0.15) is 16.8 Å². The molecule has 0 saturated carbocycles. The topological polar surface area (TPSA) is 64.6 Å². The Morgan fingerprint density at radius 1 is 0.773 bits per heavy atom. The average molecular weight is 313 g/mol. The molecule has 2 aromatic carbocycles. The van der Waals surface area contributed by atoms with Gasteiger partial charge in [-0.2, -0.15) is 0 Å². The van der Waals surface area contributed by atoms with Gasteiger partial charge in [-0.3, -0.25) is 0 Å². The van der Waals surface area contributed by atoms with Gasteiger partial charge in [-0.15, -0.1) is 0 Å². The molecule has 0 spiro atoms. The number of aryl methyl sites for hydroxylation is 3. The normalized spacial score (nSPS) is 9.05. The van der Waals surface area contributed by atoms with Gasteiger partial charge in [0.05, 0.1) is 0 Å². The van der Waals surface area contributed by atoms with Crippen LogP contribution in [0.2, 0.25) is 0 Å². The second-order valence-corrected chi connectivity index (χ2v) is 4.96.